The van der Waals surface area contributed by atoms with Gasteiger partial charge in [0.2, 0.25) is 0 Å². The number of fused-ring (bicyclic) bond motifs is 3. The number of aliphatic hydroxyl groups excluding tert-OH is 1. The molecule has 0 aliphatic heterocycles. The number of aromatic nitrogens is 1. The van der Waals surface area contributed by atoms with Gasteiger partial charge < -0.3 is 15.4 Å². The minimum Gasteiger partial charge on any atom is -0.396 e. The minimum atomic E-state index is 0.263. The van der Waals surface area contributed by atoms with Gasteiger partial charge in [-0.2, -0.15) is 0 Å². The SMILES string of the molecule is CC(CCO)NC1CCc2[nH]c3ccccc3c2C1. The average Bonchev–Trinajstić information content (AvgIpc) is 2.77. The van der Waals surface area contributed by atoms with Crippen molar-refractivity contribution in [2.75, 3.05) is 6.61 Å². The monoisotopic (exact) mass is 258 g/mol. The summed E-state index contributed by atoms with van der Waals surface area (Å²) >= 11 is 0. The van der Waals surface area contributed by atoms with Crippen LogP contribution in [0.5, 0.6) is 0 Å². The standard InChI is InChI=1S/C16H22N2O/c1-11(8-9-19)17-12-6-7-16-14(10-12)13-4-2-3-5-15(13)18-16/h2-5,11-12,17-19H,6-10H2,1H3. The van der Waals surface area contributed by atoms with E-state index in [1.165, 1.54) is 28.6 Å². The number of aromatic amines is 1. The van der Waals surface area contributed by atoms with Gasteiger partial charge in [0.1, 0.15) is 0 Å². The van der Waals surface area contributed by atoms with E-state index in [-0.39, 0.29) is 6.61 Å². The van der Waals surface area contributed by atoms with E-state index in [9.17, 15) is 0 Å². The van der Waals surface area contributed by atoms with Gasteiger partial charge in [-0.05, 0) is 44.2 Å². The van der Waals surface area contributed by atoms with Crippen molar-refractivity contribution in [1.29, 1.82) is 0 Å². The van der Waals surface area contributed by atoms with Crippen LogP contribution in [0.2, 0.25) is 0 Å². The molecule has 3 rings (SSSR count). The van der Waals surface area contributed by atoms with E-state index in [4.69, 9.17) is 5.11 Å². The van der Waals surface area contributed by atoms with Crippen LogP contribution < -0.4 is 5.32 Å². The molecule has 2 aromatic rings. The Kier molecular flexibility index (Phi) is 3.58. The normalized spacial score (nSPS) is 20.4. The van der Waals surface area contributed by atoms with Gasteiger partial charge in [-0.3, -0.25) is 0 Å². The second-order valence-corrected chi connectivity index (χ2v) is 5.65. The van der Waals surface area contributed by atoms with Crippen molar-refractivity contribution in [2.45, 2.75) is 44.7 Å². The van der Waals surface area contributed by atoms with E-state index < -0.39 is 0 Å². The first-order valence-electron chi connectivity index (χ1n) is 7.23. The molecule has 19 heavy (non-hydrogen) atoms. The smallest absolute Gasteiger partial charge is 0.0458 e. The molecule has 0 fully saturated rings. The lowest BCUT2D eigenvalue weighted by Crippen LogP contribution is -2.40. The van der Waals surface area contributed by atoms with Crippen LogP contribution >= 0.6 is 0 Å². The van der Waals surface area contributed by atoms with E-state index in [2.05, 4.69) is 41.5 Å². The van der Waals surface area contributed by atoms with E-state index >= 15 is 0 Å². The third kappa shape index (κ3) is 2.53. The van der Waals surface area contributed by atoms with Crippen molar-refractivity contribution in [2.24, 2.45) is 0 Å². The van der Waals surface area contributed by atoms with Crippen LogP contribution in [0.25, 0.3) is 10.9 Å². The second kappa shape index (κ2) is 5.35. The Morgan fingerprint density at radius 2 is 2.26 bits per heavy atom. The molecular formula is C16H22N2O. The molecule has 0 amide bonds. The van der Waals surface area contributed by atoms with Crippen LogP contribution in [-0.4, -0.2) is 28.8 Å². The third-order valence-corrected chi connectivity index (χ3v) is 4.18. The summed E-state index contributed by atoms with van der Waals surface area (Å²) in [5.74, 6) is 0. The summed E-state index contributed by atoms with van der Waals surface area (Å²) in [7, 11) is 0. The Morgan fingerprint density at radius 3 is 3.11 bits per heavy atom. The highest BCUT2D eigenvalue weighted by atomic mass is 16.3. The summed E-state index contributed by atoms with van der Waals surface area (Å²) in [6.07, 6.45) is 4.22. The number of H-pyrrole nitrogens is 1. The fourth-order valence-electron chi connectivity index (χ4n) is 3.19. The molecule has 1 aromatic carbocycles. The topological polar surface area (TPSA) is 48.0 Å². The largest absolute Gasteiger partial charge is 0.396 e. The van der Waals surface area contributed by atoms with Crippen LogP contribution in [0.1, 0.15) is 31.0 Å². The Balaban J connectivity index is 1.79. The predicted molar refractivity (Wildman–Crippen MR) is 78.4 cm³/mol. The molecule has 0 radical (unpaired) electrons. The number of hydrogen-bond acceptors (Lipinski definition) is 2. The Morgan fingerprint density at radius 1 is 1.42 bits per heavy atom. The molecule has 1 heterocycles. The van der Waals surface area contributed by atoms with Gasteiger partial charge >= 0.3 is 0 Å². The summed E-state index contributed by atoms with van der Waals surface area (Å²) < 4.78 is 0. The van der Waals surface area contributed by atoms with Crippen LogP contribution in [0, 0.1) is 0 Å². The summed E-state index contributed by atoms with van der Waals surface area (Å²) in [6, 6.07) is 9.50. The molecule has 2 atom stereocenters. The zero-order valence-electron chi connectivity index (χ0n) is 11.4. The molecule has 2 unspecified atom stereocenters. The molecule has 3 nitrogen and oxygen atoms in total. The van der Waals surface area contributed by atoms with Crippen molar-refractivity contribution in [3.8, 4) is 0 Å². The molecule has 0 spiro atoms. The summed E-state index contributed by atoms with van der Waals surface area (Å²) in [6.45, 7) is 2.42. The van der Waals surface area contributed by atoms with E-state index in [1.54, 1.807) is 0 Å². The average molecular weight is 258 g/mol. The van der Waals surface area contributed by atoms with Crippen molar-refractivity contribution in [3.63, 3.8) is 0 Å². The van der Waals surface area contributed by atoms with E-state index in [1.807, 2.05) is 0 Å². The van der Waals surface area contributed by atoms with Crippen molar-refractivity contribution < 1.29 is 5.11 Å². The van der Waals surface area contributed by atoms with Gasteiger partial charge in [0.25, 0.3) is 0 Å². The Hall–Kier alpha value is -1.32. The van der Waals surface area contributed by atoms with Gasteiger partial charge in [0.05, 0.1) is 0 Å². The summed E-state index contributed by atoms with van der Waals surface area (Å²) in [4.78, 5) is 3.55. The first kappa shape index (κ1) is 12.7. The maximum absolute atomic E-state index is 8.99. The lowest BCUT2D eigenvalue weighted by molar-refractivity contribution is 0.260. The lowest BCUT2D eigenvalue weighted by Gasteiger charge is -2.27. The molecule has 1 aromatic heterocycles. The maximum atomic E-state index is 8.99. The van der Waals surface area contributed by atoms with E-state index in [0.717, 1.165) is 19.3 Å². The molecule has 3 heteroatoms. The number of hydrogen-bond donors (Lipinski definition) is 3. The van der Waals surface area contributed by atoms with Gasteiger partial charge in [-0.15, -0.1) is 0 Å². The van der Waals surface area contributed by atoms with Crippen LogP contribution in [0.4, 0.5) is 0 Å². The van der Waals surface area contributed by atoms with Crippen molar-refractivity contribution >= 4 is 10.9 Å². The highest BCUT2D eigenvalue weighted by Crippen LogP contribution is 2.29. The highest BCUT2D eigenvalue weighted by molar-refractivity contribution is 5.84. The fraction of sp³-hybridized carbons (Fsp3) is 0.500. The fourth-order valence-corrected chi connectivity index (χ4v) is 3.19. The van der Waals surface area contributed by atoms with Gasteiger partial charge in [0, 0.05) is 35.3 Å². The lowest BCUT2D eigenvalue weighted by atomic mass is 9.91. The Bertz CT molecular complexity index is 561. The molecule has 1 aliphatic rings. The number of aliphatic hydroxyl groups is 1. The number of benzene rings is 1. The first-order valence-corrected chi connectivity index (χ1v) is 7.23. The number of rotatable bonds is 4. The number of para-hydroxylation sites is 1. The van der Waals surface area contributed by atoms with Crippen molar-refractivity contribution in [3.05, 3.63) is 35.5 Å². The van der Waals surface area contributed by atoms with Gasteiger partial charge in [-0.25, -0.2) is 0 Å². The summed E-state index contributed by atoms with van der Waals surface area (Å²) in [5, 5.41) is 14.0. The van der Waals surface area contributed by atoms with Crippen molar-refractivity contribution in [1.82, 2.24) is 10.3 Å². The first-order chi connectivity index (χ1) is 9.28. The molecule has 0 bridgehead atoms. The molecular weight excluding hydrogens is 236 g/mol. The van der Waals surface area contributed by atoms with E-state index in [0.29, 0.717) is 12.1 Å². The maximum Gasteiger partial charge on any atom is 0.0458 e. The molecule has 1 aliphatic carbocycles. The highest BCUT2D eigenvalue weighted by Gasteiger charge is 2.22. The second-order valence-electron chi connectivity index (χ2n) is 5.65. The zero-order chi connectivity index (χ0) is 13.2. The molecule has 3 N–H and O–H groups in total. The Labute approximate surface area is 114 Å². The van der Waals surface area contributed by atoms with Crippen LogP contribution in [-0.2, 0) is 12.8 Å². The molecule has 0 saturated heterocycles. The predicted octanol–water partition coefficient (Wildman–Crippen LogP) is 2.39. The van der Waals surface area contributed by atoms with Gasteiger partial charge in [-0.1, -0.05) is 18.2 Å². The minimum absolute atomic E-state index is 0.263. The number of nitrogens with one attached hydrogen (secondary N) is 2. The quantitative estimate of drug-likeness (QED) is 0.788. The van der Waals surface area contributed by atoms with Crippen LogP contribution in [0.15, 0.2) is 24.3 Å². The van der Waals surface area contributed by atoms with Crippen LogP contribution in [0.3, 0.4) is 0 Å². The molecule has 102 valence electrons. The zero-order valence-corrected chi connectivity index (χ0v) is 11.4. The van der Waals surface area contributed by atoms with Gasteiger partial charge in [0.15, 0.2) is 0 Å². The third-order valence-electron chi connectivity index (χ3n) is 4.18. The molecule has 0 saturated carbocycles. The summed E-state index contributed by atoms with van der Waals surface area (Å²) in [5.41, 5.74) is 4.15. The number of aryl methyl sites for hydroxylation is 1.